The van der Waals surface area contributed by atoms with Gasteiger partial charge in [0.25, 0.3) is 0 Å². The smallest absolute Gasteiger partial charge is 0.142 e. The number of hydrogen-bond donors (Lipinski definition) is 1. The maximum Gasteiger partial charge on any atom is 0.142 e. The molecule has 0 saturated heterocycles. The SMILES string of the molecule is CCCCCCCCCCCCCOCCOCCOCCOCCOCCOCCOCCOCCOCCOCCOCCOc1ccccc1N. The molecule has 13 heteroatoms. The van der Waals surface area contributed by atoms with E-state index in [4.69, 9.17) is 62.6 Å². The zero-order valence-electron chi connectivity index (χ0n) is 33.8. The largest absolute Gasteiger partial charge is 0.489 e. The number of benzene rings is 1. The van der Waals surface area contributed by atoms with Crippen LogP contribution in [0.1, 0.15) is 77.6 Å². The quantitative estimate of drug-likeness (QED) is 0.0601. The number of anilines is 1. The number of ether oxygens (including phenoxy) is 12. The Hall–Kier alpha value is -1.62. The van der Waals surface area contributed by atoms with Gasteiger partial charge in [-0.25, -0.2) is 0 Å². The van der Waals surface area contributed by atoms with Crippen molar-refractivity contribution in [2.45, 2.75) is 77.6 Å². The predicted molar refractivity (Wildman–Crippen MR) is 212 cm³/mol. The Morgan fingerprint density at radius 3 is 0.889 bits per heavy atom. The van der Waals surface area contributed by atoms with E-state index >= 15 is 0 Å². The summed E-state index contributed by atoms with van der Waals surface area (Å²) in [5.74, 6) is 0.670. The van der Waals surface area contributed by atoms with Crippen LogP contribution in [0.3, 0.4) is 0 Å². The fourth-order valence-corrected chi connectivity index (χ4v) is 4.99. The summed E-state index contributed by atoms with van der Waals surface area (Å²) in [7, 11) is 0. The Balaban J connectivity index is 1.61. The second-order valence-electron chi connectivity index (χ2n) is 12.7. The average molecular weight is 776 g/mol. The van der Waals surface area contributed by atoms with E-state index in [9.17, 15) is 0 Å². The number of hydrogen-bond acceptors (Lipinski definition) is 13. The Labute approximate surface area is 327 Å². The topological polar surface area (TPSA) is 137 Å². The minimum atomic E-state index is 0.439. The molecule has 0 aliphatic carbocycles. The van der Waals surface area contributed by atoms with Gasteiger partial charge in [-0.15, -0.1) is 0 Å². The van der Waals surface area contributed by atoms with Gasteiger partial charge in [0, 0.05) is 6.61 Å². The van der Waals surface area contributed by atoms with Crippen LogP contribution in [0, 0.1) is 0 Å². The molecule has 54 heavy (non-hydrogen) atoms. The third kappa shape index (κ3) is 38.6. The highest BCUT2D eigenvalue weighted by atomic mass is 16.6. The van der Waals surface area contributed by atoms with Crippen LogP contribution in [-0.4, -0.2) is 152 Å². The predicted octanol–water partition coefficient (Wildman–Crippen LogP) is 6.14. The first-order valence-electron chi connectivity index (χ1n) is 20.7. The monoisotopic (exact) mass is 776 g/mol. The Kier molecular flexibility index (Phi) is 41.2. The van der Waals surface area contributed by atoms with Gasteiger partial charge < -0.3 is 62.6 Å². The summed E-state index contributed by atoms with van der Waals surface area (Å²) in [4.78, 5) is 0. The summed E-state index contributed by atoms with van der Waals surface area (Å²) in [5.41, 5.74) is 6.45. The second kappa shape index (κ2) is 44.1. The lowest BCUT2D eigenvalue weighted by Crippen LogP contribution is -2.15. The molecule has 318 valence electrons. The van der Waals surface area contributed by atoms with Crippen LogP contribution in [0.5, 0.6) is 5.75 Å². The van der Waals surface area contributed by atoms with Gasteiger partial charge in [-0.1, -0.05) is 83.3 Å². The van der Waals surface area contributed by atoms with E-state index in [0.717, 1.165) is 13.0 Å². The molecule has 1 rings (SSSR count). The lowest BCUT2D eigenvalue weighted by atomic mass is 10.1. The first-order chi connectivity index (χ1) is 26.8. The molecule has 0 fully saturated rings. The summed E-state index contributed by atoms with van der Waals surface area (Å²) < 4.78 is 66.4. The number of para-hydroxylation sites is 2. The van der Waals surface area contributed by atoms with Crippen molar-refractivity contribution in [1.82, 2.24) is 0 Å². The lowest BCUT2D eigenvalue weighted by molar-refractivity contribution is -0.0277. The highest BCUT2D eigenvalue weighted by molar-refractivity contribution is 5.51. The Morgan fingerprint density at radius 2 is 0.574 bits per heavy atom. The third-order valence-corrected chi connectivity index (χ3v) is 8.02. The molecule has 1 aromatic carbocycles. The van der Waals surface area contributed by atoms with Crippen LogP contribution in [-0.2, 0) is 52.1 Å². The van der Waals surface area contributed by atoms with E-state index in [1.54, 1.807) is 6.07 Å². The Bertz CT molecular complexity index is 856. The molecule has 0 spiro atoms. The molecule has 2 N–H and O–H groups in total. The van der Waals surface area contributed by atoms with Gasteiger partial charge in [0.1, 0.15) is 12.4 Å². The van der Waals surface area contributed by atoms with Crippen LogP contribution >= 0.6 is 0 Å². The average Bonchev–Trinajstić information content (AvgIpc) is 3.18. The van der Waals surface area contributed by atoms with Crippen LogP contribution in [0.25, 0.3) is 0 Å². The van der Waals surface area contributed by atoms with Crippen molar-refractivity contribution in [3.63, 3.8) is 0 Å². The molecule has 0 atom stereocenters. The molecular weight excluding hydrogens is 698 g/mol. The third-order valence-electron chi connectivity index (χ3n) is 8.02. The van der Waals surface area contributed by atoms with Crippen molar-refractivity contribution in [3.05, 3.63) is 24.3 Å². The van der Waals surface area contributed by atoms with Crippen molar-refractivity contribution in [1.29, 1.82) is 0 Å². The second-order valence-corrected chi connectivity index (χ2v) is 12.7. The molecule has 13 nitrogen and oxygen atoms in total. The summed E-state index contributed by atoms with van der Waals surface area (Å²) in [6.07, 6.45) is 14.9. The number of nitrogen functional groups attached to an aromatic ring is 1. The maximum atomic E-state index is 5.83. The van der Waals surface area contributed by atoms with Gasteiger partial charge >= 0.3 is 0 Å². The summed E-state index contributed by atoms with van der Waals surface area (Å²) >= 11 is 0. The molecule has 0 bridgehead atoms. The van der Waals surface area contributed by atoms with Gasteiger partial charge in [0.15, 0.2) is 0 Å². The summed E-state index contributed by atoms with van der Waals surface area (Å²) in [6, 6.07) is 7.39. The van der Waals surface area contributed by atoms with Crippen LogP contribution in [0.2, 0.25) is 0 Å². The summed E-state index contributed by atoms with van der Waals surface area (Å²) in [5, 5.41) is 0. The molecular formula is C41H77NO12. The van der Waals surface area contributed by atoms with E-state index in [0.29, 0.717) is 157 Å². The fraction of sp³-hybridized carbons (Fsp3) is 0.854. The first-order valence-corrected chi connectivity index (χ1v) is 20.7. The number of unbranched alkanes of at least 4 members (excludes halogenated alkanes) is 10. The number of rotatable bonds is 46. The van der Waals surface area contributed by atoms with Crippen molar-refractivity contribution < 1.29 is 56.8 Å². The Morgan fingerprint density at radius 1 is 0.315 bits per heavy atom. The molecule has 0 aliphatic heterocycles. The zero-order valence-corrected chi connectivity index (χ0v) is 33.8. The van der Waals surface area contributed by atoms with E-state index < -0.39 is 0 Å². The van der Waals surface area contributed by atoms with Crippen LogP contribution in [0.15, 0.2) is 24.3 Å². The normalized spacial score (nSPS) is 11.5. The van der Waals surface area contributed by atoms with E-state index in [-0.39, 0.29) is 0 Å². The van der Waals surface area contributed by atoms with Crippen LogP contribution in [0.4, 0.5) is 5.69 Å². The molecule has 0 heterocycles. The minimum Gasteiger partial charge on any atom is -0.489 e. The van der Waals surface area contributed by atoms with Crippen LogP contribution < -0.4 is 10.5 Å². The number of nitrogens with two attached hydrogens (primary N) is 1. The van der Waals surface area contributed by atoms with Gasteiger partial charge in [-0.2, -0.15) is 0 Å². The molecule has 0 unspecified atom stereocenters. The fourth-order valence-electron chi connectivity index (χ4n) is 4.99. The first kappa shape index (κ1) is 50.4. The minimum absolute atomic E-state index is 0.439. The van der Waals surface area contributed by atoms with Gasteiger partial charge in [-0.3, -0.25) is 0 Å². The standard InChI is InChI=1S/C41H77NO12/c1-2-3-4-5-6-7-8-9-10-11-14-17-43-18-19-44-20-21-45-22-23-46-24-25-47-26-27-48-28-29-49-30-31-50-32-33-51-34-35-52-36-37-53-38-39-54-41-16-13-12-15-40(41)42/h12-13,15-16H,2-11,14,17-39,42H2,1H3. The van der Waals surface area contributed by atoms with E-state index in [1.165, 1.54) is 64.2 Å². The van der Waals surface area contributed by atoms with Crippen molar-refractivity contribution in [2.75, 3.05) is 158 Å². The van der Waals surface area contributed by atoms with Gasteiger partial charge in [0.05, 0.1) is 144 Å². The van der Waals surface area contributed by atoms with Gasteiger partial charge in [-0.05, 0) is 18.6 Å². The highest BCUT2D eigenvalue weighted by Crippen LogP contribution is 2.19. The maximum absolute atomic E-state index is 5.83. The van der Waals surface area contributed by atoms with Crippen molar-refractivity contribution in [2.24, 2.45) is 0 Å². The lowest BCUT2D eigenvalue weighted by Gasteiger charge is -2.10. The molecule has 0 aromatic heterocycles. The molecule has 0 aliphatic rings. The molecule has 0 amide bonds. The van der Waals surface area contributed by atoms with Crippen molar-refractivity contribution in [3.8, 4) is 5.75 Å². The van der Waals surface area contributed by atoms with Gasteiger partial charge in [0.2, 0.25) is 0 Å². The zero-order chi connectivity index (χ0) is 38.5. The summed E-state index contributed by atoms with van der Waals surface area (Å²) in [6.45, 7) is 14.6. The molecule has 0 saturated carbocycles. The van der Waals surface area contributed by atoms with E-state index in [1.807, 2.05) is 18.2 Å². The highest BCUT2D eigenvalue weighted by Gasteiger charge is 2.00. The van der Waals surface area contributed by atoms with E-state index in [2.05, 4.69) is 6.92 Å². The van der Waals surface area contributed by atoms with Crippen molar-refractivity contribution >= 4 is 5.69 Å². The molecule has 1 aromatic rings. The molecule has 0 radical (unpaired) electrons.